The van der Waals surface area contributed by atoms with Crippen molar-refractivity contribution in [1.29, 1.82) is 0 Å². The van der Waals surface area contributed by atoms with Gasteiger partial charge in [0, 0.05) is 19.4 Å². The molecule has 57 heavy (non-hydrogen) atoms. The largest absolute Gasteiger partial charge is 0.472 e. The number of rotatable bonds is 46. The van der Waals surface area contributed by atoms with E-state index in [0.29, 0.717) is 13.0 Å². The Morgan fingerprint density at radius 3 is 1.12 bits per heavy atom. The van der Waals surface area contributed by atoms with Crippen molar-refractivity contribution in [2.45, 2.75) is 251 Å². The van der Waals surface area contributed by atoms with Gasteiger partial charge in [-0.1, -0.05) is 219 Å². The fourth-order valence-corrected chi connectivity index (χ4v) is 7.90. The van der Waals surface area contributed by atoms with E-state index >= 15 is 0 Å². The maximum Gasteiger partial charge on any atom is 0.472 e. The van der Waals surface area contributed by atoms with E-state index < -0.39 is 26.5 Å². The number of hydrogen-bond donors (Lipinski definition) is 1. The molecular formula is C47H94NO8P. The average Bonchev–Trinajstić information content (AvgIpc) is 3.18. The molecule has 0 aromatic heterocycles. The van der Waals surface area contributed by atoms with Crippen molar-refractivity contribution in [1.82, 2.24) is 4.90 Å². The van der Waals surface area contributed by atoms with Crippen LogP contribution in [0.15, 0.2) is 0 Å². The zero-order chi connectivity index (χ0) is 41.9. The summed E-state index contributed by atoms with van der Waals surface area (Å²) in [6.45, 7) is 4.38. The molecule has 0 amide bonds. The predicted molar refractivity (Wildman–Crippen MR) is 239 cm³/mol. The number of ether oxygens (including phenoxy) is 2. The zero-order valence-corrected chi connectivity index (χ0v) is 39.0. The van der Waals surface area contributed by atoms with Crippen LogP contribution in [0, 0.1) is 0 Å². The molecule has 0 aliphatic rings. The van der Waals surface area contributed by atoms with Crippen molar-refractivity contribution < 1.29 is 37.6 Å². The lowest BCUT2D eigenvalue weighted by molar-refractivity contribution is -0.161. The van der Waals surface area contributed by atoms with Crippen molar-refractivity contribution in [2.24, 2.45) is 0 Å². The Kier molecular flexibility index (Phi) is 42.4. The summed E-state index contributed by atoms with van der Waals surface area (Å²) < 4.78 is 33.6. The van der Waals surface area contributed by atoms with Crippen LogP contribution in [0.25, 0.3) is 0 Å². The van der Waals surface area contributed by atoms with Crippen molar-refractivity contribution in [3.63, 3.8) is 0 Å². The molecule has 0 fully saturated rings. The van der Waals surface area contributed by atoms with Crippen molar-refractivity contribution in [2.75, 3.05) is 40.5 Å². The number of nitrogens with zero attached hydrogens (tertiary/aromatic N) is 1. The number of unbranched alkanes of at least 4 members (excludes halogenated alkanes) is 32. The molecule has 0 aliphatic carbocycles. The number of likely N-dealkylation sites (N-methyl/N-ethyl adjacent to an activating group) is 1. The van der Waals surface area contributed by atoms with Gasteiger partial charge in [-0.25, -0.2) is 4.57 Å². The predicted octanol–water partition coefficient (Wildman–Crippen LogP) is 14.2. The van der Waals surface area contributed by atoms with E-state index in [0.717, 1.165) is 38.5 Å². The maximum atomic E-state index is 12.7. The third kappa shape index (κ3) is 44.4. The smallest absolute Gasteiger partial charge is 0.462 e. The van der Waals surface area contributed by atoms with E-state index in [2.05, 4.69) is 13.8 Å². The summed E-state index contributed by atoms with van der Waals surface area (Å²) in [5, 5.41) is 0. The van der Waals surface area contributed by atoms with Gasteiger partial charge in [0.25, 0.3) is 0 Å². The molecule has 1 N–H and O–H groups in total. The van der Waals surface area contributed by atoms with Gasteiger partial charge in [-0.05, 0) is 26.9 Å². The van der Waals surface area contributed by atoms with Crippen LogP contribution in [0.2, 0.25) is 0 Å². The number of esters is 2. The Balaban J connectivity index is 4.16. The van der Waals surface area contributed by atoms with E-state index in [-0.39, 0.29) is 25.6 Å². The summed E-state index contributed by atoms with van der Waals surface area (Å²) in [7, 11) is -0.696. The van der Waals surface area contributed by atoms with E-state index in [1.165, 1.54) is 180 Å². The highest BCUT2D eigenvalue weighted by Gasteiger charge is 2.26. The van der Waals surface area contributed by atoms with Crippen molar-refractivity contribution in [3.8, 4) is 0 Å². The number of phosphoric acid groups is 1. The Hall–Kier alpha value is -0.990. The SMILES string of the molecule is CCCCCCCCCCCCCCCCCCCCCC(=O)OC(COC(=O)CCCCCCCCCCCCCCCCC)COP(=O)(O)OCCN(C)C. The second-order valence-corrected chi connectivity index (χ2v) is 18.5. The topological polar surface area (TPSA) is 112 Å². The molecule has 0 rings (SSSR count). The van der Waals surface area contributed by atoms with Crippen LogP contribution in [-0.4, -0.2) is 68.3 Å². The first kappa shape index (κ1) is 56.0. The molecule has 2 atom stereocenters. The molecule has 0 spiro atoms. The van der Waals surface area contributed by atoms with Crippen LogP contribution in [-0.2, 0) is 32.7 Å². The van der Waals surface area contributed by atoms with Crippen molar-refractivity contribution in [3.05, 3.63) is 0 Å². The van der Waals surface area contributed by atoms with Gasteiger partial charge < -0.3 is 19.3 Å². The Morgan fingerprint density at radius 2 is 0.789 bits per heavy atom. The molecular weight excluding hydrogens is 737 g/mol. The lowest BCUT2D eigenvalue weighted by Gasteiger charge is -2.20. The summed E-state index contributed by atoms with van der Waals surface area (Å²) in [6, 6.07) is 0. The Labute approximate surface area is 352 Å². The molecule has 10 heteroatoms. The van der Waals surface area contributed by atoms with Crippen LogP contribution >= 0.6 is 7.82 Å². The second kappa shape index (κ2) is 43.1. The standard InChI is InChI=1S/C47H94NO8P/c1-5-7-9-11-13-15-17-19-21-22-23-24-26-28-30-32-34-36-38-40-47(50)56-45(44-55-57(51,52)54-42-41-48(3)4)43-53-46(49)39-37-35-33-31-29-27-25-20-18-16-14-12-10-8-6-2/h45H,5-44H2,1-4H3,(H,51,52). The highest BCUT2D eigenvalue weighted by Crippen LogP contribution is 2.43. The van der Waals surface area contributed by atoms with Gasteiger partial charge in [-0.15, -0.1) is 0 Å². The van der Waals surface area contributed by atoms with Crippen LogP contribution in [0.4, 0.5) is 0 Å². The molecule has 0 aromatic carbocycles. The van der Waals surface area contributed by atoms with E-state index in [9.17, 15) is 19.0 Å². The third-order valence-electron chi connectivity index (χ3n) is 10.9. The minimum atomic E-state index is -4.36. The summed E-state index contributed by atoms with van der Waals surface area (Å²) in [5.74, 6) is -0.783. The number of carbonyl (C=O) groups excluding carboxylic acids is 2. The molecule has 340 valence electrons. The Bertz CT molecular complexity index is 920. The molecule has 0 saturated carbocycles. The first-order chi connectivity index (χ1) is 27.7. The monoisotopic (exact) mass is 832 g/mol. The molecule has 0 radical (unpaired) electrons. The summed E-state index contributed by atoms with van der Waals surface area (Å²) in [6.07, 6.45) is 42.9. The van der Waals surface area contributed by atoms with E-state index in [1.54, 1.807) is 0 Å². The van der Waals surface area contributed by atoms with Gasteiger partial charge in [-0.2, -0.15) is 0 Å². The lowest BCUT2D eigenvalue weighted by Crippen LogP contribution is -2.29. The third-order valence-corrected chi connectivity index (χ3v) is 11.9. The summed E-state index contributed by atoms with van der Waals surface area (Å²) >= 11 is 0. The summed E-state index contributed by atoms with van der Waals surface area (Å²) in [4.78, 5) is 37.1. The van der Waals surface area contributed by atoms with E-state index in [1.807, 2.05) is 19.0 Å². The fourth-order valence-electron chi connectivity index (χ4n) is 7.16. The van der Waals surface area contributed by atoms with Crippen LogP contribution in [0.3, 0.4) is 0 Å². The van der Waals surface area contributed by atoms with Crippen molar-refractivity contribution >= 4 is 19.8 Å². The fraction of sp³-hybridized carbons (Fsp3) is 0.957. The Morgan fingerprint density at radius 1 is 0.474 bits per heavy atom. The number of hydrogen-bond acceptors (Lipinski definition) is 8. The van der Waals surface area contributed by atoms with E-state index in [4.69, 9.17) is 18.5 Å². The van der Waals surface area contributed by atoms with Gasteiger partial charge in [-0.3, -0.25) is 18.6 Å². The van der Waals surface area contributed by atoms with Gasteiger partial charge in [0.05, 0.1) is 13.2 Å². The molecule has 0 aliphatic heterocycles. The molecule has 0 heterocycles. The van der Waals surface area contributed by atoms with Gasteiger partial charge in [0.15, 0.2) is 6.10 Å². The molecule has 0 aromatic rings. The lowest BCUT2D eigenvalue weighted by atomic mass is 10.0. The van der Waals surface area contributed by atoms with Gasteiger partial charge in [0.1, 0.15) is 6.61 Å². The first-order valence-electron chi connectivity index (χ1n) is 24.3. The minimum absolute atomic E-state index is 0.0128. The second-order valence-electron chi connectivity index (χ2n) is 17.0. The normalized spacial score (nSPS) is 13.2. The van der Waals surface area contributed by atoms with Gasteiger partial charge >= 0.3 is 19.8 Å². The quantitative estimate of drug-likeness (QED) is 0.0364. The first-order valence-corrected chi connectivity index (χ1v) is 25.8. The van der Waals surface area contributed by atoms with Crippen LogP contribution in [0.1, 0.15) is 245 Å². The average molecular weight is 832 g/mol. The number of phosphoric ester groups is 1. The molecule has 2 unspecified atom stereocenters. The summed E-state index contributed by atoms with van der Waals surface area (Å²) in [5.41, 5.74) is 0. The van der Waals surface area contributed by atoms with Crippen LogP contribution in [0.5, 0.6) is 0 Å². The zero-order valence-electron chi connectivity index (χ0n) is 38.1. The highest BCUT2D eigenvalue weighted by atomic mass is 31.2. The minimum Gasteiger partial charge on any atom is -0.462 e. The van der Waals surface area contributed by atoms with Gasteiger partial charge in [0.2, 0.25) is 0 Å². The molecule has 0 bridgehead atoms. The molecule has 0 saturated heterocycles. The molecule has 9 nitrogen and oxygen atoms in total. The number of carbonyl (C=O) groups is 2. The van der Waals surface area contributed by atoms with Crippen LogP contribution < -0.4 is 0 Å². The maximum absolute atomic E-state index is 12.7. The highest BCUT2D eigenvalue weighted by molar-refractivity contribution is 7.47.